The lowest BCUT2D eigenvalue weighted by atomic mass is 10.1. The molecule has 25 heavy (non-hydrogen) atoms. The number of nitrogens with zero attached hydrogens (tertiary/aromatic N) is 3. The summed E-state index contributed by atoms with van der Waals surface area (Å²) < 4.78 is 6.53. The van der Waals surface area contributed by atoms with Crippen LogP contribution in [-0.2, 0) is 16.1 Å². The van der Waals surface area contributed by atoms with Gasteiger partial charge in [-0.2, -0.15) is 0 Å². The molecule has 0 fully saturated rings. The number of nitrogens with one attached hydrogen (secondary N) is 1. The van der Waals surface area contributed by atoms with Crippen molar-refractivity contribution in [3.63, 3.8) is 0 Å². The minimum Gasteiger partial charge on any atom is -0.458 e. The van der Waals surface area contributed by atoms with Gasteiger partial charge < -0.3 is 20.2 Å². The van der Waals surface area contributed by atoms with Crippen molar-refractivity contribution in [3.8, 4) is 0 Å². The van der Waals surface area contributed by atoms with Crippen LogP contribution in [0.5, 0.6) is 0 Å². The quantitative estimate of drug-likeness (QED) is 0.487. The van der Waals surface area contributed by atoms with Crippen LogP contribution in [0.25, 0.3) is 0 Å². The first-order valence-corrected chi connectivity index (χ1v) is 7.51. The third-order valence-electron chi connectivity index (χ3n) is 3.55. The minimum atomic E-state index is -0.577. The van der Waals surface area contributed by atoms with Crippen LogP contribution >= 0.6 is 0 Å². The van der Waals surface area contributed by atoms with Gasteiger partial charge in [0.1, 0.15) is 19.3 Å². The third-order valence-corrected chi connectivity index (χ3v) is 3.55. The maximum Gasteiger partial charge on any atom is 0.342 e. The Morgan fingerprint density at radius 1 is 1.36 bits per heavy atom. The van der Waals surface area contributed by atoms with E-state index in [0.717, 1.165) is 11.8 Å². The van der Waals surface area contributed by atoms with Gasteiger partial charge in [-0.15, -0.1) is 0 Å². The van der Waals surface area contributed by atoms with E-state index < -0.39 is 10.9 Å². The molecule has 0 unspecified atom stereocenters. The lowest BCUT2D eigenvalue weighted by Gasteiger charge is -2.09. The van der Waals surface area contributed by atoms with Crippen molar-refractivity contribution in [2.45, 2.75) is 27.3 Å². The molecule has 9 nitrogen and oxygen atoms in total. The summed E-state index contributed by atoms with van der Waals surface area (Å²) in [5.41, 5.74) is 1.63. The lowest BCUT2D eigenvalue weighted by Crippen LogP contribution is -2.14. The van der Waals surface area contributed by atoms with Gasteiger partial charge in [0.15, 0.2) is 5.82 Å². The molecule has 2 aromatic rings. The number of amides is 1. The Hall–Kier alpha value is -3.23. The van der Waals surface area contributed by atoms with Gasteiger partial charge in [-0.05, 0) is 29.5 Å². The average Bonchev–Trinajstić information content (AvgIpc) is 2.90. The number of esters is 1. The molecular weight excluding hydrogens is 328 g/mol. The predicted molar refractivity (Wildman–Crippen MR) is 89.4 cm³/mol. The van der Waals surface area contributed by atoms with Gasteiger partial charge in [0.2, 0.25) is 5.91 Å². The molecule has 1 N–H and O–H groups in total. The van der Waals surface area contributed by atoms with Gasteiger partial charge in [-0.1, -0.05) is 6.07 Å². The van der Waals surface area contributed by atoms with Crippen LogP contribution in [0.4, 0.5) is 11.5 Å². The molecule has 0 aliphatic carbocycles. The number of hydrogen-bond donors (Lipinski definition) is 1. The van der Waals surface area contributed by atoms with Gasteiger partial charge in [0, 0.05) is 19.5 Å². The monoisotopic (exact) mass is 346 g/mol. The molecule has 0 bridgehead atoms. The van der Waals surface area contributed by atoms with E-state index in [9.17, 15) is 19.7 Å². The summed E-state index contributed by atoms with van der Waals surface area (Å²) in [6, 6.07) is 4.82. The van der Waals surface area contributed by atoms with Crippen molar-refractivity contribution < 1.29 is 19.2 Å². The first kappa shape index (κ1) is 18.1. The summed E-state index contributed by atoms with van der Waals surface area (Å²) in [6.07, 6.45) is 1.16. The SMILES string of the molecule is CC(=O)Nc1cc(C(=O)OCCn2c([N+](=O)[O-])cnc2C)ccc1C. The summed E-state index contributed by atoms with van der Waals surface area (Å²) in [5, 5.41) is 13.6. The summed E-state index contributed by atoms with van der Waals surface area (Å²) in [4.78, 5) is 37.6. The van der Waals surface area contributed by atoms with Crippen LogP contribution in [0.1, 0.15) is 28.7 Å². The van der Waals surface area contributed by atoms with Crippen LogP contribution in [-0.4, -0.2) is 33.0 Å². The van der Waals surface area contributed by atoms with E-state index in [2.05, 4.69) is 10.3 Å². The number of benzene rings is 1. The minimum absolute atomic E-state index is 0.0414. The molecule has 0 saturated carbocycles. The van der Waals surface area contributed by atoms with Crippen LogP contribution in [0.15, 0.2) is 24.4 Å². The van der Waals surface area contributed by atoms with Crippen LogP contribution in [0.2, 0.25) is 0 Å². The second-order valence-electron chi connectivity index (χ2n) is 5.42. The number of aryl methyl sites for hydroxylation is 2. The largest absolute Gasteiger partial charge is 0.458 e. The highest BCUT2D eigenvalue weighted by Gasteiger charge is 2.18. The first-order valence-electron chi connectivity index (χ1n) is 7.51. The average molecular weight is 346 g/mol. The number of nitro groups is 1. The number of ether oxygens (including phenoxy) is 1. The third kappa shape index (κ3) is 4.40. The zero-order valence-corrected chi connectivity index (χ0v) is 14.1. The summed E-state index contributed by atoms with van der Waals surface area (Å²) in [7, 11) is 0. The Balaban J connectivity index is 2.03. The molecular formula is C16H18N4O5. The Morgan fingerprint density at radius 3 is 2.72 bits per heavy atom. The smallest absolute Gasteiger partial charge is 0.342 e. The molecule has 0 spiro atoms. The van der Waals surface area contributed by atoms with Crippen molar-refractivity contribution >= 4 is 23.4 Å². The van der Waals surface area contributed by atoms with Gasteiger partial charge in [-0.25, -0.2) is 14.3 Å². The second kappa shape index (κ2) is 7.56. The Bertz CT molecular complexity index is 828. The standard InChI is InChI=1S/C16H18N4O5/c1-10-4-5-13(8-14(10)18-12(3)21)16(22)25-7-6-19-11(2)17-9-15(19)20(23)24/h4-5,8-9H,6-7H2,1-3H3,(H,18,21). The van der Waals surface area contributed by atoms with Crippen LogP contribution in [0.3, 0.4) is 0 Å². The normalized spacial score (nSPS) is 10.4. The maximum absolute atomic E-state index is 12.1. The van der Waals surface area contributed by atoms with Gasteiger partial charge in [0.25, 0.3) is 0 Å². The Kier molecular flexibility index (Phi) is 5.48. The summed E-state index contributed by atoms with van der Waals surface area (Å²) in [6.45, 7) is 4.90. The molecule has 1 aromatic carbocycles. The van der Waals surface area contributed by atoms with E-state index in [1.165, 1.54) is 17.6 Å². The fraction of sp³-hybridized carbons (Fsp3) is 0.312. The fourth-order valence-corrected chi connectivity index (χ4v) is 2.26. The number of carbonyl (C=O) groups excluding carboxylic acids is 2. The number of carbonyl (C=O) groups is 2. The van der Waals surface area contributed by atoms with Crippen LogP contribution < -0.4 is 5.32 Å². The highest BCUT2D eigenvalue weighted by Crippen LogP contribution is 2.18. The van der Waals surface area contributed by atoms with Crippen molar-refractivity contribution in [1.82, 2.24) is 9.55 Å². The zero-order chi connectivity index (χ0) is 18.6. The second-order valence-corrected chi connectivity index (χ2v) is 5.42. The van der Waals surface area contributed by atoms with E-state index in [4.69, 9.17) is 4.74 Å². The Morgan fingerprint density at radius 2 is 2.08 bits per heavy atom. The first-order chi connectivity index (χ1) is 11.8. The lowest BCUT2D eigenvalue weighted by molar-refractivity contribution is -0.392. The maximum atomic E-state index is 12.1. The molecule has 0 atom stereocenters. The topological polar surface area (TPSA) is 116 Å². The van der Waals surface area contributed by atoms with Gasteiger partial charge in [-0.3, -0.25) is 4.79 Å². The molecule has 1 amide bonds. The number of anilines is 1. The number of aromatic nitrogens is 2. The zero-order valence-electron chi connectivity index (χ0n) is 14.1. The van der Waals surface area contributed by atoms with Crippen molar-refractivity contribution in [3.05, 3.63) is 51.5 Å². The van der Waals surface area contributed by atoms with Gasteiger partial charge >= 0.3 is 11.8 Å². The molecule has 0 aliphatic heterocycles. The highest BCUT2D eigenvalue weighted by molar-refractivity contribution is 5.94. The van der Waals surface area contributed by atoms with Crippen molar-refractivity contribution in [2.75, 3.05) is 11.9 Å². The van der Waals surface area contributed by atoms with Crippen LogP contribution in [0, 0.1) is 24.0 Å². The summed E-state index contributed by atoms with van der Waals surface area (Å²) >= 11 is 0. The number of rotatable bonds is 6. The van der Waals surface area contributed by atoms with E-state index in [1.807, 2.05) is 0 Å². The van der Waals surface area contributed by atoms with E-state index >= 15 is 0 Å². The van der Waals surface area contributed by atoms with Crippen molar-refractivity contribution in [1.29, 1.82) is 0 Å². The van der Waals surface area contributed by atoms with E-state index in [1.54, 1.807) is 26.0 Å². The molecule has 9 heteroatoms. The predicted octanol–water partition coefficient (Wildman–Crippen LogP) is 2.22. The van der Waals surface area contributed by atoms with E-state index in [-0.39, 0.29) is 30.4 Å². The van der Waals surface area contributed by atoms with Gasteiger partial charge in [0.05, 0.1) is 5.56 Å². The number of hydrogen-bond acceptors (Lipinski definition) is 6. The fourth-order valence-electron chi connectivity index (χ4n) is 2.26. The summed E-state index contributed by atoms with van der Waals surface area (Å²) in [5.74, 6) is -0.508. The highest BCUT2D eigenvalue weighted by atomic mass is 16.6. The molecule has 0 saturated heterocycles. The number of imidazole rings is 1. The molecule has 0 radical (unpaired) electrons. The molecule has 0 aliphatic rings. The Labute approximate surface area is 143 Å². The van der Waals surface area contributed by atoms with Crippen molar-refractivity contribution in [2.24, 2.45) is 0 Å². The molecule has 2 rings (SSSR count). The molecule has 1 heterocycles. The molecule has 132 valence electrons. The molecule has 1 aromatic heterocycles. The van der Waals surface area contributed by atoms with E-state index in [0.29, 0.717) is 11.5 Å².